The summed E-state index contributed by atoms with van der Waals surface area (Å²) in [5.74, 6) is -0.103. The highest BCUT2D eigenvalue weighted by Gasteiger charge is 2.21. The Bertz CT molecular complexity index is 469. The molecule has 0 fully saturated rings. The van der Waals surface area contributed by atoms with Crippen molar-refractivity contribution in [2.24, 2.45) is 0 Å². The number of aliphatic hydroxyl groups is 1. The van der Waals surface area contributed by atoms with E-state index in [1.807, 2.05) is 25.1 Å². The Labute approximate surface area is 114 Å². The fourth-order valence-electron chi connectivity index (χ4n) is 2.21. The molecule has 0 spiro atoms. The van der Waals surface area contributed by atoms with Crippen molar-refractivity contribution in [3.8, 4) is 0 Å². The zero-order chi connectivity index (χ0) is 13.9. The summed E-state index contributed by atoms with van der Waals surface area (Å²) >= 11 is 0. The summed E-state index contributed by atoms with van der Waals surface area (Å²) in [6.45, 7) is 4.87. The molecule has 3 N–H and O–H groups in total. The molecule has 0 radical (unpaired) electrons. The van der Waals surface area contributed by atoms with E-state index in [1.54, 1.807) is 6.92 Å². The molecule has 1 aromatic carbocycles. The number of anilines is 1. The topological polar surface area (TPSA) is 61.4 Å². The summed E-state index contributed by atoms with van der Waals surface area (Å²) in [6.07, 6.45) is 2.59. The summed E-state index contributed by atoms with van der Waals surface area (Å²) < 4.78 is 0. The molecule has 104 valence electrons. The highest BCUT2D eigenvalue weighted by atomic mass is 16.3. The highest BCUT2D eigenvalue weighted by Crippen LogP contribution is 2.25. The molecule has 2 rings (SSSR count). The summed E-state index contributed by atoms with van der Waals surface area (Å²) in [5.41, 5.74) is 2.02. The number of hydrogen-bond acceptors (Lipinski definition) is 3. The molecule has 1 atom stereocenters. The van der Waals surface area contributed by atoms with Gasteiger partial charge in [0.15, 0.2) is 0 Å². The van der Waals surface area contributed by atoms with Gasteiger partial charge in [-0.25, -0.2) is 0 Å². The Morgan fingerprint density at radius 1 is 1.53 bits per heavy atom. The molecule has 0 bridgehead atoms. The van der Waals surface area contributed by atoms with E-state index in [1.165, 1.54) is 0 Å². The molecule has 1 unspecified atom stereocenters. The lowest BCUT2D eigenvalue weighted by Gasteiger charge is -2.23. The van der Waals surface area contributed by atoms with Gasteiger partial charge in [0.05, 0.1) is 5.60 Å². The van der Waals surface area contributed by atoms with Crippen molar-refractivity contribution < 1.29 is 9.90 Å². The lowest BCUT2D eigenvalue weighted by Crippen LogP contribution is -2.40. The first kappa shape index (κ1) is 13.9. The van der Waals surface area contributed by atoms with E-state index in [2.05, 4.69) is 10.6 Å². The molecule has 4 heteroatoms. The lowest BCUT2D eigenvalue weighted by atomic mass is 9.96. The van der Waals surface area contributed by atoms with Crippen molar-refractivity contribution >= 4 is 11.6 Å². The Balaban J connectivity index is 2.11. The van der Waals surface area contributed by atoms with Gasteiger partial charge in [-0.1, -0.05) is 13.0 Å². The quantitative estimate of drug-likeness (QED) is 0.777. The predicted octanol–water partition coefficient (Wildman–Crippen LogP) is 1.94. The minimum Gasteiger partial charge on any atom is -0.388 e. The van der Waals surface area contributed by atoms with Gasteiger partial charge < -0.3 is 15.7 Å². The molecule has 1 heterocycles. The molecule has 1 aliphatic heterocycles. The molecular weight excluding hydrogens is 240 g/mol. The van der Waals surface area contributed by atoms with Crippen LogP contribution in [0, 0.1) is 0 Å². The molecule has 0 aromatic heterocycles. The molecule has 0 aliphatic carbocycles. The van der Waals surface area contributed by atoms with Crippen LogP contribution in [0.1, 0.15) is 42.6 Å². The second kappa shape index (κ2) is 5.61. The van der Waals surface area contributed by atoms with Gasteiger partial charge in [-0.3, -0.25) is 4.79 Å². The van der Waals surface area contributed by atoms with Gasteiger partial charge in [0.25, 0.3) is 5.91 Å². The van der Waals surface area contributed by atoms with Gasteiger partial charge in [-0.15, -0.1) is 0 Å². The SMILES string of the molecule is CCC(C)(O)CNC(=O)c1cccc2c1CCCN2. The largest absolute Gasteiger partial charge is 0.388 e. The minimum atomic E-state index is -0.844. The van der Waals surface area contributed by atoms with Crippen molar-refractivity contribution in [2.45, 2.75) is 38.7 Å². The van der Waals surface area contributed by atoms with Gasteiger partial charge in [0.1, 0.15) is 0 Å². The average molecular weight is 262 g/mol. The normalized spacial score (nSPS) is 17.0. The van der Waals surface area contributed by atoms with Gasteiger partial charge in [0, 0.05) is 24.3 Å². The molecule has 4 nitrogen and oxygen atoms in total. The number of hydrogen-bond donors (Lipinski definition) is 3. The van der Waals surface area contributed by atoms with Crippen molar-refractivity contribution in [1.29, 1.82) is 0 Å². The third-order valence-corrected chi connectivity index (χ3v) is 3.73. The lowest BCUT2D eigenvalue weighted by molar-refractivity contribution is 0.0518. The monoisotopic (exact) mass is 262 g/mol. The fraction of sp³-hybridized carbons (Fsp3) is 0.533. The zero-order valence-electron chi connectivity index (χ0n) is 11.6. The van der Waals surface area contributed by atoms with Gasteiger partial charge in [-0.2, -0.15) is 0 Å². The second-order valence-electron chi connectivity index (χ2n) is 5.40. The summed E-state index contributed by atoms with van der Waals surface area (Å²) in [5, 5.41) is 16.1. The zero-order valence-corrected chi connectivity index (χ0v) is 11.6. The van der Waals surface area contributed by atoms with Crippen LogP contribution in [-0.4, -0.2) is 29.7 Å². The first-order valence-corrected chi connectivity index (χ1v) is 6.90. The Morgan fingerprint density at radius 2 is 2.32 bits per heavy atom. The van der Waals surface area contributed by atoms with Crippen LogP contribution in [0.15, 0.2) is 18.2 Å². The number of rotatable bonds is 4. The molecule has 1 aromatic rings. The number of amides is 1. The minimum absolute atomic E-state index is 0.103. The fourth-order valence-corrected chi connectivity index (χ4v) is 2.21. The molecule has 0 saturated heterocycles. The van der Waals surface area contributed by atoms with Crippen molar-refractivity contribution in [3.63, 3.8) is 0 Å². The Morgan fingerprint density at radius 3 is 3.05 bits per heavy atom. The Kier molecular flexibility index (Phi) is 4.10. The maximum Gasteiger partial charge on any atom is 0.251 e. The average Bonchev–Trinajstić information content (AvgIpc) is 2.44. The second-order valence-corrected chi connectivity index (χ2v) is 5.40. The first-order valence-electron chi connectivity index (χ1n) is 6.90. The van der Waals surface area contributed by atoms with Crippen LogP contribution >= 0.6 is 0 Å². The van der Waals surface area contributed by atoms with Crippen LogP contribution in [-0.2, 0) is 6.42 Å². The van der Waals surface area contributed by atoms with Crippen LogP contribution in [0.2, 0.25) is 0 Å². The van der Waals surface area contributed by atoms with E-state index in [4.69, 9.17) is 0 Å². The van der Waals surface area contributed by atoms with E-state index < -0.39 is 5.60 Å². The summed E-state index contributed by atoms with van der Waals surface area (Å²) in [7, 11) is 0. The van der Waals surface area contributed by atoms with E-state index in [0.29, 0.717) is 6.42 Å². The van der Waals surface area contributed by atoms with E-state index in [-0.39, 0.29) is 12.5 Å². The third kappa shape index (κ3) is 3.26. The van der Waals surface area contributed by atoms with E-state index in [9.17, 15) is 9.90 Å². The van der Waals surface area contributed by atoms with Crippen LogP contribution in [0.25, 0.3) is 0 Å². The summed E-state index contributed by atoms with van der Waals surface area (Å²) in [4.78, 5) is 12.2. The maximum absolute atomic E-state index is 12.2. The number of fused-ring (bicyclic) bond motifs is 1. The first-order chi connectivity index (χ1) is 9.03. The standard InChI is InChI=1S/C15H22N2O2/c1-3-15(2,19)10-17-14(18)12-6-4-8-13-11(12)7-5-9-16-13/h4,6,8,16,19H,3,5,7,9-10H2,1-2H3,(H,17,18). The molecule has 1 amide bonds. The van der Waals surface area contributed by atoms with Gasteiger partial charge in [-0.05, 0) is 43.9 Å². The number of benzene rings is 1. The van der Waals surface area contributed by atoms with Crippen molar-refractivity contribution in [3.05, 3.63) is 29.3 Å². The number of carbonyl (C=O) groups excluding carboxylic acids is 1. The van der Waals surface area contributed by atoms with E-state index in [0.717, 1.165) is 36.2 Å². The van der Waals surface area contributed by atoms with Crippen molar-refractivity contribution in [2.75, 3.05) is 18.4 Å². The molecular formula is C15H22N2O2. The highest BCUT2D eigenvalue weighted by molar-refractivity contribution is 5.97. The molecule has 1 aliphatic rings. The molecule has 19 heavy (non-hydrogen) atoms. The molecule has 0 saturated carbocycles. The number of carbonyl (C=O) groups is 1. The Hall–Kier alpha value is -1.55. The summed E-state index contributed by atoms with van der Waals surface area (Å²) in [6, 6.07) is 5.75. The van der Waals surface area contributed by atoms with Crippen LogP contribution < -0.4 is 10.6 Å². The third-order valence-electron chi connectivity index (χ3n) is 3.73. The van der Waals surface area contributed by atoms with E-state index >= 15 is 0 Å². The van der Waals surface area contributed by atoms with Gasteiger partial charge >= 0.3 is 0 Å². The van der Waals surface area contributed by atoms with Crippen LogP contribution in [0.5, 0.6) is 0 Å². The van der Waals surface area contributed by atoms with Gasteiger partial charge in [0.2, 0.25) is 0 Å². The number of nitrogens with one attached hydrogen (secondary N) is 2. The van der Waals surface area contributed by atoms with Crippen molar-refractivity contribution in [1.82, 2.24) is 5.32 Å². The smallest absolute Gasteiger partial charge is 0.251 e. The maximum atomic E-state index is 12.2. The van der Waals surface area contributed by atoms with Crippen LogP contribution in [0.3, 0.4) is 0 Å². The van der Waals surface area contributed by atoms with Crippen LogP contribution in [0.4, 0.5) is 5.69 Å². The predicted molar refractivity (Wildman–Crippen MR) is 76.5 cm³/mol.